The van der Waals surface area contributed by atoms with Gasteiger partial charge in [0.1, 0.15) is 0 Å². The molecule has 1 aliphatic carbocycles. The topological polar surface area (TPSA) is 66.5 Å². The lowest BCUT2D eigenvalue weighted by Gasteiger charge is -2.28. The Hall–Kier alpha value is -1.65. The zero-order chi connectivity index (χ0) is 14.0. The largest absolute Gasteiger partial charge is 0.351 e. The van der Waals surface area contributed by atoms with Crippen molar-refractivity contribution in [3.05, 3.63) is 12.2 Å². The first-order valence-corrected chi connectivity index (χ1v) is 6.83. The molecule has 104 valence electrons. The molecule has 1 saturated carbocycles. The molecule has 0 spiro atoms. The summed E-state index contributed by atoms with van der Waals surface area (Å²) in [5.74, 6) is -0.226. The summed E-state index contributed by atoms with van der Waals surface area (Å²) in [5, 5.41) is 2.97. The molecule has 0 bridgehead atoms. The molecule has 0 unspecified atom stereocenters. The highest BCUT2D eigenvalue weighted by Gasteiger charge is 2.39. The average Bonchev–Trinajstić information content (AvgIpc) is 2.85. The first-order chi connectivity index (χ1) is 8.99. The van der Waals surface area contributed by atoms with E-state index in [0.29, 0.717) is 12.3 Å². The minimum Gasteiger partial charge on any atom is -0.351 e. The molecule has 0 aromatic carbocycles. The third kappa shape index (κ3) is 3.03. The van der Waals surface area contributed by atoms with Crippen molar-refractivity contribution in [3.8, 4) is 0 Å². The number of nitrogens with one attached hydrogen (secondary N) is 1. The molecule has 19 heavy (non-hydrogen) atoms. The molecule has 0 aromatic rings. The van der Waals surface area contributed by atoms with Crippen LogP contribution in [0.5, 0.6) is 0 Å². The summed E-state index contributed by atoms with van der Waals surface area (Å²) in [6.45, 7) is 3.98. The van der Waals surface area contributed by atoms with Gasteiger partial charge in [0.15, 0.2) is 0 Å². The van der Waals surface area contributed by atoms with E-state index >= 15 is 0 Å². The summed E-state index contributed by atoms with van der Waals surface area (Å²) >= 11 is 0. The van der Waals surface area contributed by atoms with E-state index in [-0.39, 0.29) is 29.8 Å². The average molecular weight is 264 g/mol. The Morgan fingerprint density at radius 3 is 2.53 bits per heavy atom. The van der Waals surface area contributed by atoms with Crippen molar-refractivity contribution >= 4 is 17.7 Å². The molecule has 0 radical (unpaired) electrons. The summed E-state index contributed by atoms with van der Waals surface area (Å²) < 4.78 is 0. The van der Waals surface area contributed by atoms with E-state index in [1.807, 2.05) is 13.8 Å². The lowest BCUT2D eigenvalue weighted by atomic mass is 10.1. The standard InChI is InChI=1S/C14H20N2O3/c1-9(2)8-12(17)15-10-4-3-5-11(10)16-13(18)6-7-14(16)19/h6-7,9-11H,3-5,8H2,1-2H3,(H,15,17)/t10-,11-/m0/s1. The molecule has 5 heteroatoms. The van der Waals surface area contributed by atoms with E-state index in [1.165, 1.54) is 17.1 Å². The SMILES string of the molecule is CC(C)CC(=O)N[C@H]1CCC[C@@H]1N1C(=O)C=CC1=O. The van der Waals surface area contributed by atoms with Gasteiger partial charge in [-0.25, -0.2) is 0 Å². The second-order valence-electron chi connectivity index (χ2n) is 5.65. The minimum atomic E-state index is -0.264. The van der Waals surface area contributed by atoms with Crippen molar-refractivity contribution in [1.82, 2.24) is 10.2 Å². The lowest BCUT2D eigenvalue weighted by Crippen LogP contribution is -2.51. The molecule has 3 amide bonds. The summed E-state index contributed by atoms with van der Waals surface area (Å²) in [4.78, 5) is 36.5. The number of carbonyl (C=O) groups is 3. The number of rotatable bonds is 4. The molecule has 2 atom stereocenters. The molecule has 1 N–H and O–H groups in total. The highest BCUT2D eigenvalue weighted by Crippen LogP contribution is 2.26. The summed E-state index contributed by atoms with van der Waals surface area (Å²) in [7, 11) is 0. The van der Waals surface area contributed by atoms with Crippen LogP contribution in [0.25, 0.3) is 0 Å². The van der Waals surface area contributed by atoms with Gasteiger partial charge in [-0.3, -0.25) is 19.3 Å². The zero-order valence-corrected chi connectivity index (χ0v) is 11.4. The number of hydrogen-bond acceptors (Lipinski definition) is 3. The van der Waals surface area contributed by atoms with Gasteiger partial charge in [0, 0.05) is 24.6 Å². The fraction of sp³-hybridized carbons (Fsp3) is 0.643. The second kappa shape index (κ2) is 5.55. The number of imide groups is 1. The van der Waals surface area contributed by atoms with Gasteiger partial charge in [-0.2, -0.15) is 0 Å². The van der Waals surface area contributed by atoms with Crippen LogP contribution in [0.2, 0.25) is 0 Å². The monoisotopic (exact) mass is 264 g/mol. The molecule has 1 heterocycles. The van der Waals surface area contributed by atoms with Crippen LogP contribution >= 0.6 is 0 Å². The Labute approximate surface area is 113 Å². The van der Waals surface area contributed by atoms with E-state index in [0.717, 1.165) is 19.3 Å². The van der Waals surface area contributed by atoms with Gasteiger partial charge in [0.05, 0.1) is 6.04 Å². The van der Waals surface area contributed by atoms with E-state index < -0.39 is 0 Å². The summed E-state index contributed by atoms with van der Waals surface area (Å²) in [6, 6.07) is -0.287. The quantitative estimate of drug-likeness (QED) is 0.770. The maximum Gasteiger partial charge on any atom is 0.253 e. The second-order valence-corrected chi connectivity index (χ2v) is 5.65. The van der Waals surface area contributed by atoms with Crippen LogP contribution in [0.4, 0.5) is 0 Å². The molecular weight excluding hydrogens is 244 g/mol. The van der Waals surface area contributed by atoms with Crippen LogP contribution in [0, 0.1) is 5.92 Å². The van der Waals surface area contributed by atoms with E-state index in [9.17, 15) is 14.4 Å². The van der Waals surface area contributed by atoms with Crippen LogP contribution < -0.4 is 5.32 Å². The van der Waals surface area contributed by atoms with Gasteiger partial charge >= 0.3 is 0 Å². The van der Waals surface area contributed by atoms with Crippen molar-refractivity contribution in [2.45, 2.75) is 51.6 Å². The van der Waals surface area contributed by atoms with Crippen molar-refractivity contribution in [2.24, 2.45) is 5.92 Å². The fourth-order valence-corrected chi connectivity index (χ4v) is 2.79. The number of amides is 3. The van der Waals surface area contributed by atoms with Gasteiger partial charge in [-0.1, -0.05) is 13.8 Å². The van der Waals surface area contributed by atoms with E-state index in [1.54, 1.807) is 0 Å². The van der Waals surface area contributed by atoms with Crippen molar-refractivity contribution in [3.63, 3.8) is 0 Å². The molecule has 1 fully saturated rings. The van der Waals surface area contributed by atoms with Crippen molar-refractivity contribution < 1.29 is 14.4 Å². The van der Waals surface area contributed by atoms with Crippen molar-refractivity contribution in [2.75, 3.05) is 0 Å². The van der Waals surface area contributed by atoms with Crippen LogP contribution in [0.15, 0.2) is 12.2 Å². The third-order valence-electron chi connectivity index (χ3n) is 3.59. The van der Waals surface area contributed by atoms with Gasteiger partial charge in [0.25, 0.3) is 11.8 Å². The number of hydrogen-bond donors (Lipinski definition) is 1. The maximum absolute atomic E-state index is 11.8. The Kier molecular flexibility index (Phi) is 4.02. The zero-order valence-electron chi connectivity index (χ0n) is 11.4. The summed E-state index contributed by atoms with van der Waals surface area (Å²) in [5.41, 5.74) is 0. The van der Waals surface area contributed by atoms with Crippen LogP contribution in [0.1, 0.15) is 39.5 Å². The Morgan fingerprint density at radius 2 is 1.95 bits per heavy atom. The van der Waals surface area contributed by atoms with E-state index in [2.05, 4.69) is 5.32 Å². The Morgan fingerprint density at radius 1 is 1.32 bits per heavy atom. The predicted molar refractivity (Wildman–Crippen MR) is 70.0 cm³/mol. The molecule has 2 aliphatic rings. The van der Waals surface area contributed by atoms with Crippen LogP contribution in [-0.2, 0) is 14.4 Å². The number of nitrogens with zero attached hydrogens (tertiary/aromatic N) is 1. The first-order valence-electron chi connectivity index (χ1n) is 6.83. The molecule has 0 saturated heterocycles. The molecule has 1 aliphatic heterocycles. The van der Waals surface area contributed by atoms with Crippen LogP contribution in [0.3, 0.4) is 0 Å². The molecule has 0 aromatic heterocycles. The van der Waals surface area contributed by atoms with Crippen LogP contribution in [-0.4, -0.2) is 34.7 Å². The van der Waals surface area contributed by atoms with Gasteiger partial charge in [-0.15, -0.1) is 0 Å². The molecular formula is C14H20N2O3. The fourth-order valence-electron chi connectivity index (χ4n) is 2.79. The van der Waals surface area contributed by atoms with Gasteiger partial charge < -0.3 is 5.32 Å². The Balaban J connectivity index is 1.99. The summed E-state index contributed by atoms with van der Waals surface area (Å²) in [6.07, 6.45) is 5.59. The lowest BCUT2D eigenvalue weighted by molar-refractivity contribution is -0.140. The molecule has 5 nitrogen and oxygen atoms in total. The highest BCUT2D eigenvalue weighted by molar-refractivity contribution is 6.13. The van der Waals surface area contributed by atoms with Gasteiger partial charge in [0.2, 0.25) is 5.91 Å². The van der Waals surface area contributed by atoms with E-state index in [4.69, 9.17) is 0 Å². The predicted octanol–water partition coefficient (Wildman–Crippen LogP) is 0.995. The maximum atomic E-state index is 11.8. The molecule has 2 rings (SSSR count). The first kappa shape index (κ1) is 13.8. The minimum absolute atomic E-state index is 0.000968. The number of carbonyl (C=O) groups excluding carboxylic acids is 3. The van der Waals surface area contributed by atoms with Gasteiger partial charge in [-0.05, 0) is 25.2 Å². The smallest absolute Gasteiger partial charge is 0.253 e. The Bertz CT molecular complexity index is 410. The third-order valence-corrected chi connectivity index (χ3v) is 3.59. The van der Waals surface area contributed by atoms with Crippen molar-refractivity contribution in [1.29, 1.82) is 0 Å². The highest BCUT2D eigenvalue weighted by atomic mass is 16.2. The normalized spacial score (nSPS) is 26.6.